The van der Waals surface area contributed by atoms with Crippen LogP contribution in [0.3, 0.4) is 0 Å². The summed E-state index contributed by atoms with van der Waals surface area (Å²) in [6.45, 7) is 2.84. The standard InChI is InChI=1S/C13H20N2O2/c1-15-7-5-11(6-8-15)14-9-10-3-2-4-12(16)13(10)17/h2-4,11,14,16-17H,5-9H2,1H3. The van der Waals surface area contributed by atoms with Crippen LogP contribution in [0.4, 0.5) is 0 Å². The maximum atomic E-state index is 9.67. The highest BCUT2D eigenvalue weighted by atomic mass is 16.3. The molecule has 2 rings (SSSR count). The van der Waals surface area contributed by atoms with Gasteiger partial charge in [0.05, 0.1) is 0 Å². The molecule has 3 N–H and O–H groups in total. The number of benzene rings is 1. The minimum Gasteiger partial charge on any atom is -0.504 e. The van der Waals surface area contributed by atoms with Crippen molar-refractivity contribution in [3.8, 4) is 11.5 Å². The van der Waals surface area contributed by atoms with Gasteiger partial charge in [-0.05, 0) is 39.0 Å². The van der Waals surface area contributed by atoms with E-state index in [0.29, 0.717) is 12.6 Å². The van der Waals surface area contributed by atoms with E-state index in [9.17, 15) is 10.2 Å². The molecule has 4 nitrogen and oxygen atoms in total. The van der Waals surface area contributed by atoms with Crippen molar-refractivity contribution in [3.05, 3.63) is 23.8 Å². The van der Waals surface area contributed by atoms with Crippen LogP contribution in [0.1, 0.15) is 18.4 Å². The lowest BCUT2D eigenvalue weighted by atomic mass is 10.0. The van der Waals surface area contributed by atoms with Crippen molar-refractivity contribution in [1.82, 2.24) is 10.2 Å². The first kappa shape index (κ1) is 12.2. The number of phenolic OH excluding ortho intramolecular Hbond substituents is 2. The first-order valence-electron chi connectivity index (χ1n) is 6.08. The Morgan fingerprint density at radius 3 is 2.71 bits per heavy atom. The average molecular weight is 236 g/mol. The Hall–Kier alpha value is -1.26. The molecule has 1 saturated heterocycles. The fourth-order valence-electron chi connectivity index (χ4n) is 2.19. The van der Waals surface area contributed by atoms with Gasteiger partial charge in [0, 0.05) is 18.2 Å². The minimum absolute atomic E-state index is 0.00655. The molecule has 0 spiro atoms. The Morgan fingerprint density at radius 2 is 2.00 bits per heavy atom. The van der Waals surface area contributed by atoms with Gasteiger partial charge in [0.1, 0.15) is 0 Å². The summed E-state index contributed by atoms with van der Waals surface area (Å²) in [5.74, 6) is -0.0550. The van der Waals surface area contributed by atoms with Crippen LogP contribution in [0, 0.1) is 0 Å². The SMILES string of the molecule is CN1CCC(NCc2cccc(O)c2O)CC1. The number of para-hydroxylation sites is 1. The van der Waals surface area contributed by atoms with E-state index in [1.54, 1.807) is 6.07 Å². The summed E-state index contributed by atoms with van der Waals surface area (Å²) in [6.07, 6.45) is 2.27. The Kier molecular flexibility index (Phi) is 3.86. The summed E-state index contributed by atoms with van der Waals surface area (Å²) >= 11 is 0. The topological polar surface area (TPSA) is 55.7 Å². The predicted octanol–water partition coefficient (Wildman–Crippen LogP) is 1.28. The first-order chi connectivity index (χ1) is 8.16. The molecule has 0 amide bonds. The summed E-state index contributed by atoms with van der Waals surface area (Å²) in [5.41, 5.74) is 0.754. The number of nitrogens with zero attached hydrogens (tertiary/aromatic N) is 1. The summed E-state index contributed by atoms with van der Waals surface area (Å²) < 4.78 is 0. The Morgan fingerprint density at radius 1 is 1.29 bits per heavy atom. The summed E-state index contributed by atoms with van der Waals surface area (Å²) in [4.78, 5) is 2.32. The van der Waals surface area contributed by atoms with Crippen LogP contribution in [0.5, 0.6) is 11.5 Å². The molecular weight excluding hydrogens is 216 g/mol. The van der Waals surface area contributed by atoms with Gasteiger partial charge in [0.2, 0.25) is 0 Å². The van der Waals surface area contributed by atoms with Crippen molar-refractivity contribution in [1.29, 1.82) is 0 Å². The summed E-state index contributed by atoms with van der Waals surface area (Å²) in [6, 6.07) is 5.58. The molecule has 4 heteroatoms. The maximum absolute atomic E-state index is 9.67. The van der Waals surface area contributed by atoms with Gasteiger partial charge in [-0.3, -0.25) is 0 Å². The van der Waals surface area contributed by atoms with Gasteiger partial charge in [0.15, 0.2) is 11.5 Å². The molecule has 94 valence electrons. The average Bonchev–Trinajstić information content (AvgIpc) is 2.33. The van der Waals surface area contributed by atoms with E-state index in [-0.39, 0.29) is 11.5 Å². The second-order valence-electron chi connectivity index (χ2n) is 4.74. The highest BCUT2D eigenvalue weighted by Gasteiger charge is 2.16. The van der Waals surface area contributed by atoms with Crippen molar-refractivity contribution < 1.29 is 10.2 Å². The number of hydrogen-bond donors (Lipinski definition) is 3. The fraction of sp³-hybridized carbons (Fsp3) is 0.538. The third-order valence-electron chi connectivity index (χ3n) is 3.40. The number of nitrogens with one attached hydrogen (secondary N) is 1. The lowest BCUT2D eigenvalue weighted by Gasteiger charge is -2.29. The summed E-state index contributed by atoms with van der Waals surface area (Å²) in [7, 11) is 2.14. The van der Waals surface area contributed by atoms with Gasteiger partial charge < -0.3 is 20.4 Å². The number of hydrogen-bond acceptors (Lipinski definition) is 4. The molecule has 1 heterocycles. The summed E-state index contributed by atoms with van der Waals surface area (Å²) in [5, 5.41) is 22.5. The van der Waals surface area contributed by atoms with E-state index in [1.165, 1.54) is 6.07 Å². The lowest BCUT2D eigenvalue weighted by Crippen LogP contribution is -2.40. The Labute approximate surface area is 102 Å². The molecule has 1 aliphatic heterocycles. The lowest BCUT2D eigenvalue weighted by molar-refractivity contribution is 0.233. The molecule has 0 saturated carbocycles. The number of likely N-dealkylation sites (tertiary alicyclic amines) is 1. The maximum Gasteiger partial charge on any atom is 0.161 e. The van der Waals surface area contributed by atoms with Gasteiger partial charge in [-0.2, -0.15) is 0 Å². The zero-order valence-electron chi connectivity index (χ0n) is 10.2. The number of phenols is 2. The van der Waals surface area contributed by atoms with Gasteiger partial charge in [-0.25, -0.2) is 0 Å². The molecule has 0 unspecified atom stereocenters. The van der Waals surface area contributed by atoms with Crippen LogP contribution in [0.2, 0.25) is 0 Å². The Balaban J connectivity index is 1.87. The van der Waals surface area contributed by atoms with E-state index < -0.39 is 0 Å². The predicted molar refractivity (Wildman–Crippen MR) is 67.1 cm³/mol. The molecule has 1 fully saturated rings. The molecule has 1 aliphatic rings. The van der Waals surface area contributed by atoms with Crippen LogP contribution in [0.25, 0.3) is 0 Å². The highest BCUT2D eigenvalue weighted by molar-refractivity contribution is 5.44. The fourth-order valence-corrected chi connectivity index (χ4v) is 2.19. The van der Waals surface area contributed by atoms with Crippen molar-refractivity contribution in [2.24, 2.45) is 0 Å². The van der Waals surface area contributed by atoms with E-state index in [1.807, 2.05) is 6.07 Å². The van der Waals surface area contributed by atoms with Crippen molar-refractivity contribution in [3.63, 3.8) is 0 Å². The van der Waals surface area contributed by atoms with E-state index in [0.717, 1.165) is 31.5 Å². The van der Waals surface area contributed by atoms with Crippen molar-refractivity contribution >= 4 is 0 Å². The molecule has 0 radical (unpaired) electrons. The van der Waals surface area contributed by atoms with Gasteiger partial charge in [-0.1, -0.05) is 12.1 Å². The zero-order valence-corrected chi connectivity index (χ0v) is 10.2. The second-order valence-corrected chi connectivity index (χ2v) is 4.74. The highest BCUT2D eigenvalue weighted by Crippen LogP contribution is 2.28. The minimum atomic E-state index is -0.0484. The molecular formula is C13H20N2O2. The van der Waals surface area contributed by atoms with Gasteiger partial charge in [-0.15, -0.1) is 0 Å². The number of aromatic hydroxyl groups is 2. The quantitative estimate of drug-likeness (QED) is 0.692. The van der Waals surface area contributed by atoms with Crippen LogP contribution in [-0.2, 0) is 6.54 Å². The van der Waals surface area contributed by atoms with E-state index in [4.69, 9.17) is 0 Å². The smallest absolute Gasteiger partial charge is 0.161 e. The second kappa shape index (κ2) is 5.38. The van der Waals surface area contributed by atoms with Crippen LogP contribution >= 0.6 is 0 Å². The monoisotopic (exact) mass is 236 g/mol. The molecule has 0 bridgehead atoms. The van der Waals surface area contributed by atoms with Crippen LogP contribution < -0.4 is 5.32 Å². The third kappa shape index (κ3) is 3.11. The van der Waals surface area contributed by atoms with Crippen LogP contribution in [0.15, 0.2) is 18.2 Å². The zero-order chi connectivity index (χ0) is 12.3. The van der Waals surface area contributed by atoms with Crippen LogP contribution in [-0.4, -0.2) is 41.3 Å². The largest absolute Gasteiger partial charge is 0.504 e. The molecule has 1 aromatic carbocycles. The molecule has 0 aliphatic carbocycles. The number of piperidine rings is 1. The first-order valence-corrected chi connectivity index (χ1v) is 6.08. The van der Waals surface area contributed by atoms with Gasteiger partial charge >= 0.3 is 0 Å². The Bertz CT molecular complexity index is 374. The number of rotatable bonds is 3. The van der Waals surface area contributed by atoms with Crippen molar-refractivity contribution in [2.45, 2.75) is 25.4 Å². The molecule has 1 aromatic rings. The third-order valence-corrected chi connectivity index (χ3v) is 3.40. The van der Waals surface area contributed by atoms with E-state index in [2.05, 4.69) is 17.3 Å². The normalized spacial score (nSPS) is 18.4. The molecule has 0 atom stereocenters. The molecule has 17 heavy (non-hydrogen) atoms. The van der Waals surface area contributed by atoms with Gasteiger partial charge in [0.25, 0.3) is 0 Å². The molecule has 0 aromatic heterocycles. The van der Waals surface area contributed by atoms with E-state index >= 15 is 0 Å². The van der Waals surface area contributed by atoms with Crippen molar-refractivity contribution in [2.75, 3.05) is 20.1 Å².